The van der Waals surface area contributed by atoms with Crippen molar-refractivity contribution >= 4 is 5.82 Å². The highest BCUT2D eigenvalue weighted by Gasteiger charge is 2.45. The number of likely N-dealkylation sites (tertiary alicyclic amines) is 1. The van der Waals surface area contributed by atoms with Crippen LogP contribution in [0, 0.1) is 11.3 Å². The summed E-state index contributed by atoms with van der Waals surface area (Å²) >= 11 is 0. The van der Waals surface area contributed by atoms with Gasteiger partial charge in [-0.2, -0.15) is 5.26 Å². The zero-order chi connectivity index (χ0) is 16.4. The minimum atomic E-state index is -0.0613. The molecule has 24 heavy (non-hydrogen) atoms. The molecule has 2 aliphatic heterocycles. The van der Waals surface area contributed by atoms with Gasteiger partial charge in [-0.1, -0.05) is 6.07 Å². The summed E-state index contributed by atoms with van der Waals surface area (Å²) < 4.78 is 11.3. The Balaban J connectivity index is 1.35. The summed E-state index contributed by atoms with van der Waals surface area (Å²) in [7, 11) is 0. The molecule has 2 aromatic rings. The summed E-state index contributed by atoms with van der Waals surface area (Å²) in [5, 5.41) is 12.4. The van der Waals surface area contributed by atoms with Gasteiger partial charge in [0.25, 0.3) is 0 Å². The molecule has 0 amide bonds. The second-order valence-electron chi connectivity index (χ2n) is 6.65. The van der Waals surface area contributed by atoms with Gasteiger partial charge in [-0.25, -0.2) is 4.98 Å². The maximum Gasteiger partial charge on any atom is 0.142 e. The number of ether oxygens (including phenoxy) is 1. The number of pyridine rings is 1. The van der Waals surface area contributed by atoms with Crippen molar-refractivity contribution in [3.8, 4) is 6.07 Å². The van der Waals surface area contributed by atoms with Gasteiger partial charge in [0.2, 0.25) is 0 Å². The lowest BCUT2D eigenvalue weighted by molar-refractivity contribution is 0.0120. The molecule has 0 aliphatic carbocycles. The van der Waals surface area contributed by atoms with Gasteiger partial charge in [0.15, 0.2) is 0 Å². The number of nitriles is 1. The summed E-state index contributed by atoms with van der Waals surface area (Å²) in [6, 6.07) is 9.77. The van der Waals surface area contributed by atoms with E-state index in [2.05, 4.69) is 21.3 Å². The molecule has 6 heteroatoms. The zero-order valence-corrected chi connectivity index (χ0v) is 13.4. The highest BCUT2D eigenvalue weighted by molar-refractivity contribution is 5.39. The predicted octanol–water partition coefficient (Wildman–Crippen LogP) is 2.39. The van der Waals surface area contributed by atoms with E-state index in [0.717, 1.165) is 38.3 Å². The first-order valence-corrected chi connectivity index (χ1v) is 8.26. The quantitative estimate of drug-likeness (QED) is 0.931. The molecule has 1 N–H and O–H groups in total. The van der Waals surface area contributed by atoms with Crippen molar-refractivity contribution in [1.29, 1.82) is 5.26 Å². The highest BCUT2D eigenvalue weighted by atomic mass is 16.5. The van der Waals surface area contributed by atoms with Crippen LogP contribution in [0.3, 0.4) is 0 Å². The van der Waals surface area contributed by atoms with Crippen LogP contribution in [0.15, 0.2) is 41.2 Å². The lowest BCUT2D eigenvalue weighted by Crippen LogP contribution is -2.33. The zero-order valence-electron chi connectivity index (χ0n) is 13.4. The fraction of sp³-hybridized carbons (Fsp3) is 0.444. The van der Waals surface area contributed by atoms with Crippen molar-refractivity contribution in [2.24, 2.45) is 0 Å². The average molecular weight is 324 g/mol. The molecule has 0 bridgehead atoms. The van der Waals surface area contributed by atoms with Crippen LogP contribution in [0.5, 0.6) is 0 Å². The van der Waals surface area contributed by atoms with Gasteiger partial charge >= 0.3 is 0 Å². The Morgan fingerprint density at radius 3 is 3.21 bits per heavy atom. The van der Waals surface area contributed by atoms with Gasteiger partial charge in [-0.15, -0.1) is 0 Å². The highest BCUT2D eigenvalue weighted by Crippen LogP contribution is 2.36. The van der Waals surface area contributed by atoms with Crippen LogP contribution in [0.25, 0.3) is 0 Å². The molecule has 124 valence electrons. The van der Waals surface area contributed by atoms with Crippen molar-refractivity contribution in [3.05, 3.63) is 48.0 Å². The number of anilines is 1. The lowest BCUT2D eigenvalue weighted by Gasteiger charge is -2.23. The molecule has 2 aromatic heterocycles. The maximum atomic E-state index is 8.95. The minimum Gasteiger partial charge on any atom is -0.472 e. The molecular weight excluding hydrogens is 304 g/mol. The third-order valence-corrected chi connectivity index (χ3v) is 4.81. The van der Waals surface area contributed by atoms with Crippen LogP contribution in [0.1, 0.15) is 24.1 Å². The van der Waals surface area contributed by atoms with Crippen molar-refractivity contribution in [2.75, 3.05) is 25.0 Å². The molecule has 4 rings (SSSR count). The normalized spacial score (nSPS) is 26.7. The van der Waals surface area contributed by atoms with E-state index in [0.29, 0.717) is 12.3 Å². The first-order valence-electron chi connectivity index (χ1n) is 8.26. The lowest BCUT2D eigenvalue weighted by atomic mass is 9.97. The second-order valence-corrected chi connectivity index (χ2v) is 6.65. The van der Waals surface area contributed by atoms with Gasteiger partial charge in [-0.05, 0) is 24.6 Å². The van der Waals surface area contributed by atoms with Gasteiger partial charge in [0.1, 0.15) is 17.6 Å². The summed E-state index contributed by atoms with van der Waals surface area (Å²) in [6.07, 6.45) is 5.54. The number of nitrogens with one attached hydrogen (secondary N) is 1. The van der Waals surface area contributed by atoms with Crippen LogP contribution in [0.2, 0.25) is 0 Å². The average Bonchev–Trinajstić information content (AvgIpc) is 3.32. The number of rotatable bonds is 4. The number of hydrogen-bond donors (Lipinski definition) is 1. The summed E-state index contributed by atoms with van der Waals surface area (Å²) in [4.78, 5) is 6.70. The van der Waals surface area contributed by atoms with Crippen molar-refractivity contribution in [3.63, 3.8) is 0 Å². The number of nitrogens with zero attached hydrogens (tertiary/aromatic N) is 3. The summed E-state index contributed by atoms with van der Waals surface area (Å²) in [6.45, 7) is 3.57. The molecule has 0 radical (unpaired) electrons. The molecule has 2 fully saturated rings. The third-order valence-electron chi connectivity index (χ3n) is 4.81. The molecule has 0 aromatic carbocycles. The fourth-order valence-electron chi connectivity index (χ4n) is 3.71. The Kier molecular flexibility index (Phi) is 3.97. The van der Waals surface area contributed by atoms with E-state index in [1.807, 2.05) is 18.2 Å². The van der Waals surface area contributed by atoms with E-state index >= 15 is 0 Å². The van der Waals surface area contributed by atoms with Crippen LogP contribution < -0.4 is 5.32 Å². The molecule has 0 saturated carbocycles. The molecule has 2 aliphatic rings. The third kappa shape index (κ3) is 3.14. The number of furan rings is 1. The van der Waals surface area contributed by atoms with Gasteiger partial charge in [0, 0.05) is 31.6 Å². The molecular formula is C18H20N4O2. The van der Waals surface area contributed by atoms with Gasteiger partial charge in [0.05, 0.1) is 30.8 Å². The molecule has 1 spiro atoms. The minimum absolute atomic E-state index is 0.0613. The first-order chi connectivity index (χ1) is 11.7. The van der Waals surface area contributed by atoms with E-state index in [9.17, 15) is 0 Å². The first kappa shape index (κ1) is 15.2. The van der Waals surface area contributed by atoms with E-state index in [1.165, 1.54) is 5.56 Å². The standard InChI is InChI=1S/C18H20N4O2/c19-9-15-2-1-3-17(20-15)21-16-8-18(24-12-16)5-6-22(13-18)10-14-4-7-23-11-14/h1-4,7,11,16H,5-6,8,10,12-13H2,(H,20,21)/t16-,18-/m0/s1. The van der Waals surface area contributed by atoms with Crippen molar-refractivity contribution in [2.45, 2.75) is 31.0 Å². The fourth-order valence-corrected chi connectivity index (χ4v) is 3.71. The Morgan fingerprint density at radius 1 is 1.42 bits per heavy atom. The number of hydrogen-bond acceptors (Lipinski definition) is 6. The summed E-state index contributed by atoms with van der Waals surface area (Å²) in [5.41, 5.74) is 1.58. The Labute approximate surface area is 141 Å². The van der Waals surface area contributed by atoms with E-state index in [1.54, 1.807) is 18.6 Å². The Morgan fingerprint density at radius 2 is 2.38 bits per heavy atom. The molecule has 2 atom stereocenters. The number of aromatic nitrogens is 1. The van der Waals surface area contributed by atoms with Crippen LogP contribution in [-0.2, 0) is 11.3 Å². The monoisotopic (exact) mass is 324 g/mol. The summed E-state index contributed by atoms with van der Waals surface area (Å²) in [5.74, 6) is 0.743. The van der Waals surface area contributed by atoms with Gasteiger partial charge in [-0.3, -0.25) is 4.90 Å². The maximum absolute atomic E-state index is 8.95. The molecule has 4 heterocycles. The van der Waals surface area contributed by atoms with Crippen LogP contribution in [0.4, 0.5) is 5.82 Å². The largest absolute Gasteiger partial charge is 0.472 e. The molecule has 2 saturated heterocycles. The molecule has 0 unspecified atom stereocenters. The van der Waals surface area contributed by atoms with Crippen LogP contribution in [-0.4, -0.2) is 41.2 Å². The van der Waals surface area contributed by atoms with Gasteiger partial charge < -0.3 is 14.5 Å². The van der Waals surface area contributed by atoms with Crippen molar-refractivity contribution in [1.82, 2.24) is 9.88 Å². The predicted molar refractivity (Wildman–Crippen MR) is 88.3 cm³/mol. The van der Waals surface area contributed by atoms with Crippen LogP contribution >= 0.6 is 0 Å². The van der Waals surface area contributed by atoms with E-state index < -0.39 is 0 Å². The molecule has 6 nitrogen and oxygen atoms in total. The second kappa shape index (κ2) is 6.27. The smallest absolute Gasteiger partial charge is 0.142 e. The van der Waals surface area contributed by atoms with E-state index in [4.69, 9.17) is 14.4 Å². The Bertz CT molecular complexity index is 740. The van der Waals surface area contributed by atoms with Crippen molar-refractivity contribution < 1.29 is 9.15 Å². The Hall–Kier alpha value is -2.36. The van der Waals surface area contributed by atoms with E-state index in [-0.39, 0.29) is 11.6 Å². The SMILES string of the molecule is N#Cc1cccc(N[C@@H]2CO[C@@]3(CCN(Cc4ccoc4)C3)C2)n1. The topological polar surface area (TPSA) is 74.3 Å².